The molecule has 1 aromatic heterocycles. The third-order valence-corrected chi connectivity index (χ3v) is 1.81. The van der Waals surface area contributed by atoms with Crippen LogP contribution in [0.15, 0.2) is 10.6 Å². The average Bonchev–Trinajstić information content (AvgIpc) is 2.61. The van der Waals surface area contributed by atoms with Gasteiger partial charge in [-0.25, -0.2) is 0 Å². The van der Waals surface area contributed by atoms with Crippen molar-refractivity contribution in [2.75, 3.05) is 19.8 Å². The quantitative estimate of drug-likeness (QED) is 0.753. The minimum atomic E-state index is -0.104. The summed E-state index contributed by atoms with van der Waals surface area (Å²) in [6, 6.07) is 1.86. The summed E-state index contributed by atoms with van der Waals surface area (Å²) >= 11 is 0. The van der Waals surface area contributed by atoms with E-state index in [0.717, 1.165) is 11.5 Å². The summed E-state index contributed by atoms with van der Waals surface area (Å²) in [5, 5.41) is 6.48. The molecule has 1 N–H and O–H groups in total. The summed E-state index contributed by atoms with van der Waals surface area (Å²) in [5.41, 5.74) is 0.852. The van der Waals surface area contributed by atoms with E-state index < -0.39 is 0 Å². The van der Waals surface area contributed by atoms with Gasteiger partial charge >= 0.3 is 0 Å². The smallest absolute Gasteiger partial charge is 0.246 e. The summed E-state index contributed by atoms with van der Waals surface area (Å²) < 4.78 is 9.95. The lowest BCUT2D eigenvalue weighted by atomic mass is 10.3. The normalized spacial score (nSPS) is 10.3. The Morgan fingerprint density at radius 3 is 3.07 bits per heavy atom. The first-order valence-corrected chi connectivity index (χ1v) is 4.99. The van der Waals surface area contributed by atoms with Gasteiger partial charge in [0.25, 0.3) is 0 Å². The molecule has 0 saturated carbocycles. The molecule has 0 bridgehead atoms. The van der Waals surface area contributed by atoms with E-state index in [1.807, 2.05) is 19.9 Å². The van der Waals surface area contributed by atoms with Crippen molar-refractivity contribution in [2.45, 2.75) is 20.3 Å². The van der Waals surface area contributed by atoms with Crippen LogP contribution in [0.3, 0.4) is 0 Å². The molecule has 0 aliphatic carbocycles. The van der Waals surface area contributed by atoms with E-state index in [9.17, 15) is 4.79 Å². The van der Waals surface area contributed by atoms with Gasteiger partial charge in [0, 0.05) is 25.6 Å². The fraction of sp³-hybridized carbons (Fsp3) is 0.600. The van der Waals surface area contributed by atoms with Gasteiger partial charge in [-0.2, -0.15) is 0 Å². The standard InChI is InChI=1S/C10H16N2O3/c1-3-14-7-10(13)11-5-4-9-6-8(2)12-15-9/h6H,3-5,7H2,1-2H3,(H,11,13). The van der Waals surface area contributed by atoms with E-state index in [-0.39, 0.29) is 12.5 Å². The van der Waals surface area contributed by atoms with E-state index in [4.69, 9.17) is 9.26 Å². The molecular formula is C10H16N2O3. The number of aryl methyl sites for hydroxylation is 1. The molecule has 0 unspecified atom stereocenters. The summed E-state index contributed by atoms with van der Waals surface area (Å²) in [4.78, 5) is 11.1. The zero-order valence-corrected chi connectivity index (χ0v) is 9.08. The number of hydrogen-bond acceptors (Lipinski definition) is 4. The van der Waals surface area contributed by atoms with Crippen molar-refractivity contribution in [3.05, 3.63) is 17.5 Å². The second kappa shape index (κ2) is 6.19. The predicted octanol–water partition coefficient (Wildman–Crippen LogP) is 0.678. The van der Waals surface area contributed by atoms with E-state index in [1.54, 1.807) is 0 Å². The van der Waals surface area contributed by atoms with Crippen LogP contribution in [0, 0.1) is 6.92 Å². The van der Waals surface area contributed by atoms with E-state index in [2.05, 4.69) is 10.5 Å². The number of aromatic nitrogens is 1. The Bertz CT molecular complexity index is 309. The second-order valence-corrected chi connectivity index (χ2v) is 3.17. The highest BCUT2D eigenvalue weighted by Crippen LogP contribution is 2.01. The number of ether oxygens (including phenoxy) is 1. The van der Waals surface area contributed by atoms with Gasteiger partial charge in [-0.3, -0.25) is 4.79 Å². The molecule has 1 rings (SSSR count). The lowest BCUT2D eigenvalue weighted by Crippen LogP contribution is -2.29. The van der Waals surface area contributed by atoms with E-state index >= 15 is 0 Å². The van der Waals surface area contributed by atoms with Gasteiger partial charge < -0.3 is 14.6 Å². The zero-order chi connectivity index (χ0) is 11.1. The topological polar surface area (TPSA) is 64.4 Å². The highest BCUT2D eigenvalue weighted by atomic mass is 16.5. The molecule has 1 heterocycles. The Morgan fingerprint density at radius 1 is 1.67 bits per heavy atom. The first-order valence-electron chi connectivity index (χ1n) is 4.99. The highest BCUT2D eigenvalue weighted by Gasteiger charge is 2.02. The van der Waals surface area contributed by atoms with Gasteiger partial charge in [0.2, 0.25) is 5.91 Å². The molecule has 5 nitrogen and oxygen atoms in total. The zero-order valence-electron chi connectivity index (χ0n) is 9.08. The molecule has 0 fully saturated rings. The first-order chi connectivity index (χ1) is 7.22. The molecule has 15 heavy (non-hydrogen) atoms. The second-order valence-electron chi connectivity index (χ2n) is 3.17. The van der Waals surface area contributed by atoms with Crippen molar-refractivity contribution in [1.82, 2.24) is 10.5 Å². The average molecular weight is 212 g/mol. The molecule has 0 atom stereocenters. The maximum atomic E-state index is 11.1. The summed E-state index contributed by atoms with van der Waals surface area (Å²) in [5.74, 6) is 0.678. The molecule has 0 aromatic carbocycles. The van der Waals surface area contributed by atoms with Crippen molar-refractivity contribution in [1.29, 1.82) is 0 Å². The molecular weight excluding hydrogens is 196 g/mol. The first kappa shape index (κ1) is 11.7. The third kappa shape index (κ3) is 4.60. The van der Waals surface area contributed by atoms with Crippen LogP contribution < -0.4 is 5.32 Å². The Hall–Kier alpha value is -1.36. The van der Waals surface area contributed by atoms with Crippen LogP contribution in [0.4, 0.5) is 0 Å². The van der Waals surface area contributed by atoms with Crippen molar-refractivity contribution < 1.29 is 14.1 Å². The lowest BCUT2D eigenvalue weighted by Gasteiger charge is -2.02. The number of carbonyl (C=O) groups is 1. The van der Waals surface area contributed by atoms with Crippen molar-refractivity contribution in [3.63, 3.8) is 0 Å². The van der Waals surface area contributed by atoms with E-state index in [1.165, 1.54) is 0 Å². The molecule has 5 heteroatoms. The number of nitrogens with one attached hydrogen (secondary N) is 1. The molecule has 0 aliphatic heterocycles. The minimum Gasteiger partial charge on any atom is -0.372 e. The van der Waals surface area contributed by atoms with Crippen LogP contribution in [-0.4, -0.2) is 30.8 Å². The van der Waals surface area contributed by atoms with Gasteiger partial charge in [-0.1, -0.05) is 5.16 Å². The fourth-order valence-electron chi connectivity index (χ4n) is 1.11. The van der Waals surface area contributed by atoms with Gasteiger partial charge in [-0.15, -0.1) is 0 Å². The number of carbonyl (C=O) groups excluding carboxylic acids is 1. The largest absolute Gasteiger partial charge is 0.372 e. The number of hydrogen-bond donors (Lipinski definition) is 1. The Morgan fingerprint density at radius 2 is 2.47 bits per heavy atom. The van der Waals surface area contributed by atoms with Gasteiger partial charge in [0.1, 0.15) is 12.4 Å². The summed E-state index contributed by atoms with van der Waals surface area (Å²) in [6.07, 6.45) is 0.651. The molecule has 1 aromatic rings. The van der Waals surface area contributed by atoms with Crippen molar-refractivity contribution >= 4 is 5.91 Å². The van der Waals surface area contributed by atoms with Crippen molar-refractivity contribution in [3.8, 4) is 0 Å². The molecule has 0 aliphatic rings. The lowest BCUT2D eigenvalue weighted by molar-refractivity contribution is -0.125. The molecule has 1 amide bonds. The van der Waals surface area contributed by atoms with E-state index in [0.29, 0.717) is 19.6 Å². The van der Waals surface area contributed by atoms with Crippen LogP contribution in [0.2, 0.25) is 0 Å². The molecule has 84 valence electrons. The Balaban J connectivity index is 2.13. The van der Waals surface area contributed by atoms with Crippen molar-refractivity contribution in [2.24, 2.45) is 0 Å². The summed E-state index contributed by atoms with van der Waals surface area (Å²) in [7, 11) is 0. The Labute approximate surface area is 88.8 Å². The van der Waals surface area contributed by atoms with Crippen LogP contribution in [0.25, 0.3) is 0 Å². The number of nitrogens with zero attached hydrogens (tertiary/aromatic N) is 1. The van der Waals surface area contributed by atoms with Gasteiger partial charge in [0.15, 0.2) is 0 Å². The van der Waals surface area contributed by atoms with Crippen LogP contribution >= 0.6 is 0 Å². The fourth-order valence-corrected chi connectivity index (χ4v) is 1.11. The third-order valence-electron chi connectivity index (χ3n) is 1.81. The number of amides is 1. The monoisotopic (exact) mass is 212 g/mol. The predicted molar refractivity (Wildman–Crippen MR) is 54.4 cm³/mol. The number of rotatable bonds is 6. The SMILES string of the molecule is CCOCC(=O)NCCc1cc(C)no1. The molecule has 0 saturated heterocycles. The summed E-state index contributed by atoms with van der Waals surface area (Å²) in [6.45, 7) is 4.92. The van der Waals surface area contributed by atoms with Gasteiger partial charge in [-0.05, 0) is 13.8 Å². The minimum absolute atomic E-state index is 0.104. The maximum absolute atomic E-state index is 11.1. The molecule has 0 spiro atoms. The highest BCUT2D eigenvalue weighted by molar-refractivity contribution is 5.77. The van der Waals surface area contributed by atoms with Crippen LogP contribution in [-0.2, 0) is 16.0 Å². The Kier molecular flexibility index (Phi) is 4.83. The van der Waals surface area contributed by atoms with Gasteiger partial charge in [0.05, 0.1) is 5.69 Å². The molecule has 0 radical (unpaired) electrons. The van der Waals surface area contributed by atoms with Crippen LogP contribution in [0.1, 0.15) is 18.4 Å². The maximum Gasteiger partial charge on any atom is 0.246 e. The van der Waals surface area contributed by atoms with Crippen LogP contribution in [0.5, 0.6) is 0 Å².